The maximum Gasteiger partial charge on any atom is 0.275 e. The van der Waals surface area contributed by atoms with E-state index < -0.39 is 0 Å². The molecule has 1 saturated heterocycles. The molecule has 1 aliphatic heterocycles. The molecule has 0 saturated carbocycles. The number of hydrogen-bond donors (Lipinski definition) is 0. The average Bonchev–Trinajstić information content (AvgIpc) is 3.44. The molecule has 1 aliphatic rings. The second-order valence-electron chi connectivity index (χ2n) is 8.33. The lowest BCUT2D eigenvalue weighted by Crippen LogP contribution is -2.28. The second-order valence-corrected chi connectivity index (χ2v) is 8.33. The van der Waals surface area contributed by atoms with E-state index in [0.717, 1.165) is 31.5 Å². The maximum absolute atomic E-state index is 13.3. The maximum atomic E-state index is 13.3. The topological polar surface area (TPSA) is 49.6 Å². The smallest absolute Gasteiger partial charge is 0.275 e. The number of aryl methyl sites for hydroxylation is 2. The number of benzene rings is 2. The van der Waals surface area contributed by atoms with Crippen LogP contribution < -0.4 is 0 Å². The van der Waals surface area contributed by atoms with Crippen LogP contribution in [0.4, 0.5) is 4.39 Å². The largest absolute Gasteiger partial charge is 0.447 e. The first kappa shape index (κ1) is 21.2. The summed E-state index contributed by atoms with van der Waals surface area (Å²) in [6, 6.07) is 13.0. The van der Waals surface area contributed by atoms with Gasteiger partial charge in [-0.05, 0) is 55.5 Å². The van der Waals surface area contributed by atoms with E-state index in [4.69, 9.17) is 4.42 Å². The highest BCUT2D eigenvalue weighted by Gasteiger charge is 2.23. The van der Waals surface area contributed by atoms with Gasteiger partial charge in [0.25, 0.3) is 5.91 Å². The number of amides is 1. The van der Waals surface area contributed by atoms with E-state index in [9.17, 15) is 9.18 Å². The van der Waals surface area contributed by atoms with Gasteiger partial charge >= 0.3 is 0 Å². The van der Waals surface area contributed by atoms with E-state index in [0.29, 0.717) is 31.2 Å². The molecular formula is C25H28FN3O2. The number of hydrogen-bond acceptors (Lipinski definition) is 4. The van der Waals surface area contributed by atoms with Crippen molar-refractivity contribution in [1.82, 2.24) is 14.8 Å². The fourth-order valence-electron chi connectivity index (χ4n) is 3.98. The first-order chi connectivity index (χ1) is 15.0. The highest BCUT2D eigenvalue weighted by molar-refractivity contribution is 5.92. The molecule has 0 atom stereocenters. The molecule has 0 spiro atoms. The van der Waals surface area contributed by atoms with Crippen molar-refractivity contribution in [2.24, 2.45) is 0 Å². The zero-order valence-electron chi connectivity index (χ0n) is 18.1. The Bertz CT molecular complexity index is 1040. The van der Waals surface area contributed by atoms with Crippen LogP contribution >= 0.6 is 0 Å². The molecule has 6 heteroatoms. The van der Waals surface area contributed by atoms with Crippen LogP contribution in [0.2, 0.25) is 0 Å². The molecule has 31 heavy (non-hydrogen) atoms. The molecular weight excluding hydrogens is 393 g/mol. The quantitative estimate of drug-likeness (QED) is 0.546. The van der Waals surface area contributed by atoms with Crippen molar-refractivity contribution in [2.75, 3.05) is 13.1 Å². The van der Waals surface area contributed by atoms with E-state index in [-0.39, 0.29) is 11.7 Å². The predicted octanol–water partition coefficient (Wildman–Crippen LogP) is 4.87. The lowest BCUT2D eigenvalue weighted by atomic mass is 10.0. The van der Waals surface area contributed by atoms with E-state index >= 15 is 0 Å². The summed E-state index contributed by atoms with van der Waals surface area (Å²) in [4.78, 5) is 21.1. The minimum atomic E-state index is -0.248. The first-order valence-corrected chi connectivity index (χ1v) is 10.7. The lowest BCUT2D eigenvalue weighted by molar-refractivity contribution is 0.0787. The van der Waals surface area contributed by atoms with Gasteiger partial charge in [-0.25, -0.2) is 9.37 Å². The molecule has 2 heterocycles. The van der Waals surface area contributed by atoms with Crippen molar-refractivity contribution in [3.63, 3.8) is 0 Å². The van der Waals surface area contributed by atoms with Crippen LogP contribution in [0, 0.1) is 19.7 Å². The van der Waals surface area contributed by atoms with Crippen molar-refractivity contribution >= 4 is 5.91 Å². The van der Waals surface area contributed by atoms with Crippen LogP contribution in [0.3, 0.4) is 0 Å². The minimum Gasteiger partial charge on any atom is -0.447 e. The molecule has 1 fully saturated rings. The van der Waals surface area contributed by atoms with Gasteiger partial charge in [0.05, 0.1) is 6.54 Å². The Hall–Kier alpha value is -2.99. The summed E-state index contributed by atoms with van der Waals surface area (Å²) in [5.41, 5.74) is 5.02. The Labute approximate surface area is 182 Å². The molecule has 0 radical (unpaired) electrons. The molecule has 4 rings (SSSR count). The van der Waals surface area contributed by atoms with Gasteiger partial charge in [-0.1, -0.05) is 35.9 Å². The van der Waals surface area contributed by atoms with E-state index in [1.54, 1.807) is 12.1 Å². The summed E-state index contributed by atoms with van der Waals surface area (Å²) in [7, 11) is 0. The second kappa shape index (κ2) is 9.43. The molecule has 1 aromatic heterocycles. The van der Waals surface area contributed by atoms with Gasteiger partial charge in [-0.2, -0.15) is 0 Å². The van der Waals surface area contributed by atoms with Crippen LogP contribution in [-0.4, -0.2) is 33.8 Å². The Kier molecular flexibility index (Phi) is 6.47. The summed E-state index contributed by atoms with van der Waals surface area (Å²) in [5, 5.41) is 0. The third-order valence-corrected chi connectivity index (χ3v) is 5.74. The third-order valence-electron chi connectivity index (χ3n) is 5.74. The molecule has 0 unspecified atom stereocenters. The fourth-order valence-corrected chi connectivity index (χ4v) is 3.98. The van der Waals surface area contributed by atoms with Crippen LogP contribution in [0.1, 0.15) is 51.5 Å². The monoisotopic (exact) mass is 421 g/mol. The molecule has 162 valence electrons. The molecule has 1 amide bonds. The number of carbonyl (C=O) groups excluding carboxylic acids is 1. The van der Waals surface area contributed by atoms with E-state index in [1.807, 2.05) is 4.90 Å². The highest BCUT2D eigenvalue weighted by atomic mass is 19.1. The van der Waals surface area contributed by atoms with Crippen molar-refractivity contribution in [2.45, 2.75) is 46.3 Å². The summed E-state index contributed by atoms with van der Waals surface area (Å²) in [6.07, 6.45) is 3.54. The van der Waals surface area contributed by atoms with E-state index in [1.165, 1.54) is 35.1 Å². The zero-order chi connectivity index (χ0) is 21.8. The minimum absolute atomic E-state index is 0.0629. The fraction of sp³-hybridized carbons (Fsp3) is 0.360. The molecule has 2 aromatic carbocycles. The highest BCUT2D eigenvalue weighted by Crippen LogP contribution is 2.19. The van der Waals surface area contributed by atoms with Gasteiger partial charge in [0.15, 0.2) is 5.69 Å². The van der Waals surface area contributed by atoms with Gasteiger partial charge in [0.2, 0.25) is 5.89 Å². The lowest BCUT2D eigenvalue weighted by Gasteiger charge is -2.22. The standard InChI is InChI=1S/C25H28FN3O2/c1-18-5-6-19(2)21(13-18)15-28(14-20-7-9-22(26)10-8-20)16-24-27-23(17-31-24)25(30)29-11-3-4-12-29/h5-10,13,17H,3-4,11-12,14-16H2,1-2H3. The third kappa shape index (κ3) is 5.39. The Morgan fingerprint density at radius 3 is 2.55 bits per heavy atom. The molecule has 0 bridgehead atoms. The van der Waals surface area contributed by atoms with Crippen molar-refractivity contribution in [3.8, 4) is 0 Å². The SMILES string of the molecule is Cc1ccc(C)c(CN(Cc2ccc(F)cc2)Cc2nc(C(=O)N3CCCC3)co2)c1. The molecule has 0 aliphatic carbocycles. The first-order valence-electron chi connectivity index (χ1n) is 10.7. The number of aromatic nitrogens is 1. The molecule has 0 N–H and O–H groups in total. The summed E-state index contributed by atoms with van der Waals surface area (Å²) < 4.78 is 19.0. The zero-order valence-corrected chi connectivity index (χ0v) is 18.1. The van der Waals surface area contributed by atoms with Crippen LogP contribution in [0.5, 0.6) is 0 Å². The van der Waals surface area contributed by atoms with Crippen molar-refractivity contribution in [1.29, 1.82) is 0 Å². The molecule has 5 nitrogen and oxygen atoms in total. The summed E-state index contributed by atoms with van der Waals surface area (Å²) >= 11 is 0. The van der Waals surface area contributed by atoms with Crippen LogP contribution in [0.15, 0.2) is 53.1 Å². The average molecular weight is 422 g/mol. The Morgan fingerprint density at radius 1 is 1.06 bits per heavy atom. The van der Waals surface area contributed by atoms with Crippen LogP contribution in [0.25, 0.3) is 0 Å². The van der Waals surface area contributed by atoms with E-state index in [2.05, 4.69) is 41.9 Å². The summed E-state index contributed by atoms with van der Waals surface area (Å²) in [5.74, 6) is 0.199. The number of likely N-dealkylation sites (tertiary alicyclic amines) is 1. The number of rotatable bonds is 7. The van der Waals surface area contributed by atoms with Gasteiger partial charge in [-0.15, -0.1) is 0 Å². The number of nitrogens with zero attached hydrogens (tertiary/aromatic N) is 3. The van der Waals surface area contributed by atoms with Gasteiger partial charge in [0, 0.05) is 26.2 Å². The van der Waals surface area contributed by atoms with Gasteiger partial charge in [-0.3, -0.25) is 9.69 Å². The number of halogens is 1. The van der Waals surface area contributed by atoms with Gasteiger partial charge < -0.3 is 9.32 Å². The number of oxazole rings is 1. The van der Waals surface area contributed by atoms with Crippen LogP contribution in [-0.2, 0) is 19.6 Å². The number of carbonyl (C=O) groups is 1. The predicted molar refractivity (Wildman–Crippen MR) is 117 cm³/mol. The Balaban J connectivity index is 1.53. The molecule has 3 aromatic rings. The van der Waals surface area contributed by atoms with Crippen molar-refractivity contribution < 1.29 is 13.6 Å². The summed E-state index contributed by atoms with van der Waals surface area (Å²) in [6.45, 7) is 7.52. The Morgan fingerprint density at radius 2 is 1.81 bits per heavy atom. The normalized spacial score (nSPS) is 13.9. The van der Waals surface area contributed by atoms with Gasteiger partial charge in [0.1, 0.15) is 12.1 Å². The van der Waals surface area contributed by atoms with Crippen molar-refractivity contribution in [3.05, 3.63) is 88.4 Å².